The Bertz CT molecular complexity index is 807. The normalized spacial score (nSPS) is 10.6. The quantitative estimate of drug-likeness (QED) is 0.852. The first-order valence-electron chi connectivity index (χ1n) is 6.00. The fraction of sp³-hybridized carbons (Fsp3) is 0.0667. The Balaban J connectivity index is 2.31. The molecule has 0 aliphatic rings. The summed E-state index contributed by atoms with van der Waals surface area (Å²) in [5.41, 5.74) is 0.806. The smallest absolute Gasteiger partial charge is 0.264 e. The molecule has 0 aliphatic heterocycles. The average molecular weight is 305 g/mol. The molecule has 4 nitrogen and oxygen atoms in total. The van der Waals surface area contributed by atoms with Crippen LogP contribution in [0.2, 0.25) is 0 Å². The molecule has 108 valence electrons. The lowest BCUT2D eigenvalue weighted by molar-refractivity contribution is 0.350. The van der Waals surface area contributed by atoms with Gasteiger partial charge in [0.2, 0.25) is 0 Å². The van der Waals surface area contributed by atoms with E-state index in [9.17, 15) is 12.8 Å². The van der Waals surface area contributed by atoms with Crippen molar-refractivity contribution in [2.45, 2.75) is 4.90 Å². The van der Waals surface area contributed by atoms with Crippen molar-refractivity contribution in [2.24, 2.45) is 0 Å². The molecule has 0 unspecified atom stereocenters. The zero-order chi connectivity index (χ0) is 15.3. The highest BCUT2D eigenvalue weighted by atomic mass is 32.2. The minimum Gasteiger partial charge on any atom is -0.384 e. The van der Waals surface area contributed by atoms with Crippen molar-refractivity contribution >= 4 is 15.7 Å². The number of halogens is 1. The van der Waals surface area contributed by atoms with Gasteiger partial charge in [-0.2, -0.15) is 0 Å². The maximum Gasteiger partial charge on any atom is 0.264 e. The van der Waals surface area contributed by atoms with Gasteiger partial charge in [0, 0.05) is 5.56 Å². The summed E-state index contributed by atoms with van der Waals surface area (Å²) in [5, 5.41) is 8.64. The number of nitrogens with one attached hydrogen (secondary N) is 1. The number of sulfonamides is 1. The van der Waals surface area contributed by atoms with Crippen molar-refractivity contribution in [3.05, 3.63) is 59.9 Å². The summed E-state index contributed by atoms with van der Waals surface area (Å²) in [5.74, 6) is 4.31. The van der Waals surface area contributed by atoms with Crippen LogP contribution in [-0.2, 0) is 10.0 Å². The molecule has 2 rings (SSSR count). The zero-order valence-corrected chi connectivity index (χ0v) is 11.7. The lowest BCUT2D eigenvalue weighted by Crippen LogP contribution is -2.14. The van der Waals surface area contributed by atoms with Crippen LogP contribution in [0.5, 0.6) is 0 Å². The van der Waals surface area contributed by atoms with Crippen LogP contribution in [0.3, 0.4) is 0 Å². The Hall–Kier alpha value is -2.36. The third-order valence-electron chi connectivity index (χ3n) is 2.55. The maximum absolute atomic E-state index is 13.6. The number of anilines is 1. The van der Waals surface area contributed by atoms with Crippen LogP contribution < -0.4 is 4.72 Å². The van der Waals surface area contributed by atoms with E-state index < -0.39 is 20.7 Å². The van der Waals surface area contributed by atoms with E-state index in [0.29, 0.717) is 5.56 Å². The Morgan fingerprint density at radius 2 is 1.90 bits per heavy atom. The van der Waals surface area contributed by atoms with Crippen molar-refractivity contribution in [1.82, 2.24) is 0 Å². The van der Waals surface area contributed by atoms with Crippen LogP contribution in [-0.4, -0.2) is 20.1 Å². The molecule has 0 bridgehead atoms. The molecule has 0 atom stereocenters. The number of rotatable bonds is 3. The lowest BCUT2D eigenvalue weighted by Gasteiger charge is -2.09. The summed E-state index contributed by atoms with van der Waals surface area (Å²) < 4.78 is 40.1. The maximum atomic E-state index is 13.6. The van der Waals surface area contributed by atoms with Crippen LogP contribution in [0.4, 0.5) is 10.1 Å². The van der Waals surface area contributed by atoms with Crippen molar-refractivity contribution in [2.75, 3.05) is 11.3 Å². The number of aliphatic hydroxyl groups is 1. The standard InChI is InChI=1S/C15H12FNO3S/c16-14-8-1-2-9-15(14)21(19,20)17-13-7-3-5-12(11-13)6-4-10-18/h1-3,5,7-9,11,17-18H,10H2. The third-order valence-corrected chi connectivity index (χ3v) is 3.97. The van der Waals surface area contributed by atoms with Gasteiger partial charge in [0.1, 0.15) is 17.3 Å². The summed E-state index contributed by atoms with van der Waals surface area (Å²) in [6.45, 7) is -0.287. The molecule has 21 heavy (non-hydrogen) atoms. The average Bonchev–Trinajstić information content (AvgIpc) is 2.45. The Morgan fingerprint density at radius 3 is 2.62 bits per heavy atom. The molecular weight excluding hydrogens is 293 g/mol. The molecule has 0 heterocycles. The van der Waals surface area contributed by atoms with Crippen LogP contribution >= 0.6 is 0 Å². The van der Waals surface area contributed by atoms with Gasteiger partial charge in [0.25, 0.3) is 10.0 Å². The number of aliphatic hydroxyl groups excluding tert-OH is 1. The molecule has 0 fully saturated rings. The summed E-state index contributed by atoms with van der Waals surface area (Å²) in [7, 11) is -4.00. The van der Waals surface area contributed by atoms with Gasteiger partial charge in [-0.15, -0.1) is 0 Å². The van der Waals surface area contributed by atoms with E-state index in [0.717, 1.165) is 6.07 Å². The monoisotopic (exact) mass is 305 g/mol. The molecular formula is C15H12FNO3S. The number of hydrogen-bond donors (Lipinski definition) is 2. The van der Waals surface area contributed by atoms with Gasteiger partial charge in [-0.1, -0.05) is 30.0 Å². The van der Waals surface area contributed by atoms with E-state index in [1.54, 1.807) is 12.1 Å². The van der Waals surface area contributed by atoms with Crippen molar-refractivity contribution < 1.29 is 17.9 Å². The molecule has 2 N–H and O–H groups in total. The Morgan fingerprint density at radius 1 is 1.14 bits per heavy atom. The molecule has 0 aliphatic carbocycles. The summed E-state index contributed by atoms with van der Waals surface area (Å²) in [4.78, 5) is -0.420. The molecule has 0 amide bonds. The minimum atomic E-state index is -4.00. The molecule has 2 aromatic rings. The van der Waals surface area contributed by atoms with E-state index in [1.807, 2.05) is 0 Å². The number of benzene rings is 2. The summed E-state index contributed by atoms with van der Waals surface area (Å²) in [6.07, 6.45) is 0. The molecule has 0 saturated carbocycles. The van der Waals surface area contributed by atoms with Gasteiger partial charge in [-0.3, -0.25) is 4.72 Å². The highest BCUT2D eigenvalue weighted by Gasteiger charge is 2.18. The van der Waals surface area contributed by atoms with Crippen LogP contribution in [0.15, 0.2) is 53.4 Å². The van der Waals surface area contributed by atoms with Gasteiger partial charge in [0.05, 0.1) is 5.69 Å². The molecule has 0 radical (unpaired) electrons. The largest absolute Gasteiger partial charge is 0.384 e. The topological polar surface area (TPSA) is 66.4 Å². The van der Waals surface area contributed by atoms with E-state index >= 15 is 0 Å². The van der Waals surface area contributed by atoms with Gasteiger partial charge >= 0.3 is 0 Å². The number of hydrogen-bond acceptors (Lipinski definition) is 3. The summed E-state index contributed by atoms with van der Waals surface area (Å²) in [6, 6.07) is 11.4. The van der Waals surface area contributed by atoms with Crippen LogP contribution in [0.25, 0.3) is 0 Å². The van der Waals surface area contributed by atoms with Gasteiger partial charge < -0.3 is 5.11 Å². The van der Waals surface area contributed by atoms with E-state index in [4.69, 9.17) is 5.11 Å². The van der Waals surface area contributed by atoms with Crippen LogP contribution in [0, 0.1) is 17.7 Å². The van der Waals surface area contributed by atoms with Crippen molar-refractivity contribution in [3.8, 4) is 11.8 Å². The zero-order valence-electron chi connectivity index (χ0n) is 10.9. The minimum absolute atomic E-state index is 0.267. The third kappa shape index (κ3) is 3.81. The lowest BCUT2D eigenvalue weighted by atomic mass is 10.2. The van der Waals surface area contributed by atoms with E-state index in [-0.39, 0.29) is 12.3 Å². The first kappa shape index (κ1) is 15.0. The molecule has 0 spiro atoms. The summed E-state index contributed by atoms with van der Waals surface area (Å²) >= 11 is 0. The first-order valence-corrected chi connectivity index (χ1v) is 7.48. The predicted octanol–water partition coefficient (Wildman–Crippen LogP) is 1.97. The fourth-order valence-electron chi connectivity index (χ4n) is 1.67. The van der Waals surface area contributed by atoms with Gasteiger partial charge in [-0.25, -0.2) is 12.8 Å². The van der Waals surface area contributed by atoms with Crippen molar-refractivity contribution in [3.63, 3.8) is 0 Å². The second kappa shape index (κ2) is 6.39. The van der Waals surface area contributed by atoms with Gasteiger partial charge in [-0.05, 0) is 30.3 Å². The SMILES string of the molecule is O=S(=O)(Nc1cccc(C#CCO)c1)c1ccccc1F. The van der Waals surface area contributed by atoms with E-state index in [1.165, 1.54) is 30.3 Å². The fourth-order valence-corrected chi connectivity index (χ4v) is 2.80. The molecule has 0 aromatic heterocycles. The van der Waals surface area contributed by atoms with E-state index in [2.05, 4.69) is 16.6 Å². The second-order valence-electron chi connectivity index (χ2n) is 4.08. The predicted molar refractivity (Wildman–Crippen MR) is 77.6 cm³/mol. The highest BCUT2D eigenvalue weighted by molar-refractivity contribution is 7.92. The van der Waals surface area contributed by atoms with Crippen molar-refractivity contribution in [1.29, 1.82) is 0 Å². The highest BCUT2D eigenvalue weighted by Crippen LogP contribution is 2.19. The molecule has 2 aromatic carbocycles. The molecule has 0 saturated heterocycles. The Labute approximate surface area is 122 Å². The Kier molecular flexibility index (Phi) is 4.58. The molecule has 6 heteroatoms. The second-order valence-corrected chi connectivity index (χ2v) is 5.73. The first-order chi connectivity index (χ1) is 10.0. The van der Waals surface area contributed by atoms with Crippen LogP contribution in [0.1, 0.15) is 5.56 Å². The van der Waals surface area contributed by atoms with Gasteiger partial charge in [0.15, 0.2) is 0 Å².